The summed E-state index contributed by atoms with van der Waals surface area (Å²) < 4.78 is 5.78. The molecule has 3 heterocycles. The quantitative estimate of drug-likeness (QED) is 0.925. The Morgan fingerprint density at radius 1 is 1.50 bits per heavy atom. The highest BCUT2D eigenvalue weighted by Gasteiger charge is 2.26. The van der Waals surface area contributed by atoms with Crippen LogP contribution in [0.5, 0.6) is 0 Å². The Hall–Kier alpha value is -1.37. The zero-order valence-electron chi connectivity index (χ0n) is 12.5. The first-order valence-electron chi connectivity index (χ1n) is 7.44. The van der Waals surface area contributed by atoms with E-state index in [1.165, 1.54) is 10.4 Å². The lowest BCUT2D eigenvalue weighted by Gasteiger charge is -2.32. The summed E-state index contributed by atoms with van der Waals surface area (Å²) in [5.41, 5.74) is 1.28. The Morgan fingerprint density at radius 2 is 2.41 bits per heavy atom. The van der Waals surface area contributed by atoms with Gasteiger partial charge in [0.2, 0.25) is 0 Å². The Balaban J connectivity index is 1.51. The third-order valence-electron chi connectivity index (χ3n) is 3.89. The van der Waals surface area contributed by atoms with Crippen molar-refractivity contribution in [3.8, 4) is 0 Å². The first kappa shape index (κ1) is 15.5. The van der Waals surface area contributed by atoms with E-state index in [4.69, 9.17) is 4.74 Å². The summed E-state index contributed by atoms with van der Waals surface area (Å²) in [7, 11) is 0. The van der Waals surface area contributed by atoms with Gasteiger partial charge < -0.3 is 15.0 Å². The lowest BCUT2D eigenvalue weighted by Crippen LogP contribution is -2.47. The van der Waals surface area contributed by atoms with Gasteiger partial charge in [0.15, 0.2) is 0 Å². The van der Waals surface area contributed by atoms with Gasteiger partial charge in [0.25, 0.3) is 0 Å². The minimum Gasteiger partial charge on any atom is -0.369 e. The molecule has 0 aliphatic carbocycles. The molecular formula is C16H20N2O2S2. The van der Waals surface area contributed by atoms with Gasteiger partial charge in [-0.2, -0.15) is 11.3 Å². The van der Waals surface area contributed by atoms with E-state index in [-0.39, 0.29) is 12.1 Å². The fourth-order valence-corrected chi connectivity index (χ4v) is 4.05. The molecule has 1 fully saturated rings. The molecule has 0 aromatic carbocycles. The zero-order valence-corrected chi connectivity index (χ0v) is 14.2. The highest BCUT2D eigenvalue weighted by atomic mass is 32.1. The van der Waals surface area contributed by atoms with E-state index in [1.54, 1.807) is 22.7 Å². The second-order valence-electron chi connectivity index (χ2n) is 5.46. The number of ether oxygens (including phenoxy) is 1. The smallest absolute Gasteiger partial charge is 0.317 e. The van der Waals surface area contributed by atoms with Gasteiger partial charge in [-0.15, -0.1) is 11.3 Å². The number of amides is 2. The summed E-state index contributed by atoms with van der Waals surface area (Å²) >= 11 is 3.37. The van der Waals surface area contributed by atoms with Gasteiger partial charge in [0, 0.05) is 18.0 Å². The lowest BCUT2D eigenvalue weighted by molar-refractivity contribution is -0.0135. The number of nitrogens with zero attached hydrogens (tertiary/aromatic N) is 1. The van der Waals surface area contributed by atoms with E-state index in [9.17, 15) is 4.79 Å². The molecule has 1 saturated heterocycles. The Bertz CT molecular complexity index is 583. The zero-order chi connectivity index (χ0) is 15.4. The van der Waals surface area contributed by atoms with Gasteiger partial charge in [-0.1, -0.05) is 13.0 Å². The molecule has 6 heteroatoms. The van der Waals surface area contributed by atoms with Gasteiger partial charge in [-0.05, 0) is 39.8 Å². The van der Waals surface area contributed by atoms with Crippen molar-refractivity contribution >= 4 is 28.7 Å². The van der Waals surface area contributed by atoms with Crippen LogP contribution in [0.15, 0.2) is 34.3 Å². The highest BCUT2D eigenvalue weighted by Crippen LogP contribution is 2.26. The summed E-state index contributed by atoms with van der Waals surface area (Å²) in [5, 5.41) is 9.30. The monoisotopic (exact) mass is 336 g/mol. The number of hydrogen-bond acceptors (Lipinski definition) is 4. The highest BCUT2D eigenvalue weighted by molar-refractivity contribution is 7.10. The van der Waals surface area contributed by atoms with Crippen molar-refractivity contribution in [2.24, 2.45) is 0 Å². The van der Waals surface area contributed by atoms with Crippen molar-refractivity contribution in [1.82, 2.24) is 10.2 Å². The van der Waals surface area contributed by atoms with Crippen LogP contribution in [0, 0.1) is 0 Å². The fourth-order valence-electron chi connectivity index (χ4n) is 2.51. The van der Waals surface area contributed by atoms with Crippen LogP contribution in [0.2, 0.25) is 0 Å². The normalized spacial score (nSPS) is 19.9. The second-order valence-corrected chi connectivity index (χ2v) is 7.22. The number of nitrogens with one attached hydrogen (secondary N) is 1. The van der Waals surface area contributed by atoms with Crippen molar-refractivity contribution in [2.45, 2.75) is 18.9 Å². The number of hydrogen-bond donors (Lipinski definition) is 1. The van der Waals surface area contributed by atoms with Crippen molar-refractivity contribution in [3.05, 3.63) is 44.8 Å². The molecule has 22 heavy (non-hydrogen) atoms. The Morgan fingerprint density at radius 3 is 3.14 bits per heavy atom. The summed E-state index contributed by atoms with van der Waals surface area (Å²) in [6.07, 6.45) is 0.00815. The van der Waals surface area contributed by atoms with Crippen LogP contribution in [0.3, 0.4) is 0 Å². The molecule has 2 atom stereocenters. The molecule has 2 aromatic heterocycles. The molecule has 0 saturated carbocycles. The third kappa shape index (κ3) is 3.69. The van der Waals surface area contributed by atoms with E-state index in [0.29, 0.717) is 32.2 Å². The van der Waals surface area contributed by atoms with E-state index >= 15 is 0 Å². The molecule has 1 N–H and O–H groups in total. The van der Waals surface area contributed by atoms with E-state index in [0.717, 1.165) is 0 Å². The molecular weight excluding hydrogens is 316 g/mol. The Kier molecular flexibility index (Phi) is 5.12. The summed E-state index contributed by atoms with van der Waals surface area (Å²) in [4.78, 5) is 15.4. The summed E-state index contributed by atoms with van der Waals surface area (Å²) in [6, 6.07) is 6.20. The van der Waals surface area contributed by atoms with Gasteiger partial charge >= 0.3 is 6.03 Å². The maximum atomic E-state index is 12.4. The van der Waals surface area contributed by atoms with Gasteiger partial charge in [0.05, 0.1) is 13.2 Å². The predicted molar refractivity (Wildman–Crippen MR) is 90.7 cm³/mol. The number of morpholine rings is 1. The van der Waals surface area contributed by atoms with Crippen molar-refractivity contribution in [1.29, 1.82) is 0 Å². The minimum atomic E-state index is 0.00642. The molecule has 2 amide bonds. The van der Waals surface area contributed by atoms with Crippen LogP contribution in [0.4, 0.5) is 4.79 Å². The molecule has 118 valence electrons. The first-order valence-corrected chi connectivity index (χ1v) is 9.26. The number of carbonyl (C=O) groups is 1. The van der Waals surface area contributed by atoms with Crippen molar-refractivity contribution < 1.29 is 9.53 Å². The minimum absolute atomic E-state index is 0.00642. The topological polar surface area (TPSA) is 41.6 Å². The van der Waals surface area contributed by atoms with Crippen molar-refractivity contribution in [3.63, 3.8) is 0 Å². The van der Waals surface area contributed by atoms with Gasteiger partial charge in [0.1, 0.15) is 6.10 Å². The molecule has 0 unspecified atom stereocenters. The SMILES string of the molecule is C[C@H](CNC(=O)N1CCO[C@@H](c2cccs2)C1)c1ccsc1. The van der Waals surface area contributed by atoms with E-state index < -0.39 is 0 Å². The van der Waals surface area contributed by atoms with Gasteiger partial charge in [-0.3, -0.25) is 0 Å². The molecule has 0 bridgehead atoms. The van der Waals surface area contributed by atoms with Crippen LogP contribution in [-0.2, 0) is 4.74 Å². The Labute approximate surface area is 138 Å². The molecule has 1 aliphatic heterocycles. The van der Waals surface area contributed by atoms with Crippen LogP contribution < -0.4 is 5.32 Å². The molecule has 0 radical (unpaired) electrons. The number of urea groups is 1. The fraction of sp³-hybridized carbons (Fsp3) is 0.438. The average Bonchev–Trinajstić information content (AvgIpc) is 3.25. The standard InChI is InChI=1S/C16H20N2O2S2/c1-12(13-4-8-21-11-13)9-17-16(19)18-5-6-20-14(10-18)15-3-2-7-22-15/h2-4,7-8,11-12,14H,5-6,9-10H2,1H3,(H,17,19)/t12-,14-/m1/s1. The maximum Gasteiger partial charge on any atom is 0.317 e. The largest absolute Gasteiger partial charge is 0.369 e. The molecule has 1 aliphatic rings. The first-order chi connectivity index (χ1) is 10.7. The third-order valence-corrected chi connectivity index (χ3v) is 5.55. The number of carbonyl (C=O) groups excluding carboxylic acids is 1. The van der Waals surface area contributed by atoms with E-state index in [2.05, 4.69) is 35.1 Å². The van der Waals surface area contributed by atoms with Crippen LogP contribution >= 0.6 is 22.7 Å². The predicted octanol–water partition coefficient (Wildman–Crippen LogP) is 3.70. The average molecular weight is 336 g/mol. The number of thiophene rings is 2. The lowest BCUT2D eigenvalue weighted by atomic mass is 10.1. The molecule has 3 rings (SSSR count). The second kappa shape index (κ2) is 7.26. The van der Waals surface area contributed by atoms with Crippen LogP contribution in [-0.4, -0.2) is 37.2 Å². The summed E-state index contributed by atoms with van der Waals surface area (Å²) in [6.45, 7) is 4.67. The van der Waals surface area contributed by atoms with Crippen molar-refractivity contribution in [2.75, 3.05) is 26.2 Å². The maximum absolute atomic E-state index is 12.4. The van der Waals surface area contributed by atoms with E-state index in [1.807, 2.05) is 16.3 Å². The molecule has 2 aromatic rings. The van der Waals surface area contributed by atoms with Gasteiger partial charge in [-0.25, -0.2) is 4.79 Å². The molecule has 0 spiro atoms. The van der Waals surface area contributed by atoms with Crippen LogP contribution in [0.25, 0.3) is 0 Å². The van der Waals surface area contributed by atoms with Crippen LogP contribution in [0.1, 0.15) is 29.4 Å². The molecule has 4 nitrogen and oxygen atoms in total. The summed E-state index contributed by atoms with van der Waals surface area (Å²) in [5.74, 6) is 0.337. The number of rotatable bonds is 4.